The van der Waals surface area contributed by atoms with Gasteiger partial charge in [-0.25, -0.2) is 0 Å². The van der Waals surface area contributed by atoms with E-state index >= 15 is 0 Å². The highest BCUT2D eigenvalue weighted by Crippen LogP contribution is 2.35. The lowest BCUT2D eigenvalue weighted by atomic mass is 9.78. The summed E-state index contributed by atoms with van der Waals surface area (Å²) in [6.45, 7) is 3.01. The number of Topliss-reactive ketones (excluding diaryl/α,β-unsaturated/α-hetero) is 1. The molecule has 2 aliphatic rings. The predicted molar refractivity (Wildman–Crippen MR) is 106 cm³/mol. The summed E-state index contributed by atoms with van der Waals surface area (Å²) in [7, 11) is 8.13. The van der Waals surface area contributed by atoms with E-state index in [1.54, 1.807) is 14.0 Å². The molecule has 1 heterocycles. The van der Waals surface area contributed by atoms with Gasteiger partial charge in [-0.2, -0.15) is 0 Å². The van der Waals surface area contributed by atoms with Gasteiger partial charge in [0, 0.05) is 19.6 Å². The minimum Gasteiger partial charge on any atom is -0.463 e. The second-order valence-corrected chi connectivity index (χ2v) is 8.68. The van der Waals surface area contributed by atoms with Gasteiger partial charge in [-0.15, -0.1) is 0 Å². The summed E-state index contributed by atoms with van der Waals surface area (Å²) >= 11 is 0. The van der Waals surface area contributed by atoms with E-state index in [2.05, 4.69) is 30.9 Å². The molecule has 0 aromatic heterocycles. The van der Waals surface area contributed by atoms with Gasteiger partial charge in [0.25, 0.3) is 0 Å². The first-order valence-corrected chi connectivity index (χ1v) is 10.4. The molecule has 2 rings (SSSR count). The molecule has 156 valence electrons. The van der Waals surface area contributed by atoms with Crippen molar-refractivity contribution in [1.29, 1.82) is 0 Å². The van der Waals surface area contributed by atoms with Crippen molar-refractivity contribution < 1.29 is 19.1 Å². The van der Waals surface area contributed by atoms with Gasteiger partial charge in [0.2, 0.25) is 0 Å². The summed E-state index contributed by atoms with van der Waals surface area (Å²) in [6.07, 6.45) is 7.30. The van der Waals surface area contributed by atoms with Crippen molar-refractivity contribution in [3.63, 3.8) is 0 Å². The van der Waals surface area contributed by atoms with Crippen molar-refractivity contribution in [2.75, 3.05) is 41.4 Å². The zero-order valence-corrected chi connectivity index (χ0v) is 17.8. The zero-order chi connectivity index (χ0) is 20.0. The number of hydrogen-bond acceptors (Lipinski definition) is 6. The standard InChI is InChI=1S/C21H38N2O4/c1-16-19(24)9-8-18(26-5)7-6-14-23(4)21(15-27-20(16)25)12-10-17(11-13-21)22(2)3/h16-18H,6-15H2,1-5H3. The fourth-order valence-corrected chi connectivity index (χ4v) is 4.45. The molecule has 1 spiro atoms. The highest BCUT2D eigenvalue weighted by atomic mass is 16.5. The van der Waals surface area contributed by atoms with Gasteiger partial charge in [-0.1, -0.05) is 0 Å². The Morgan fingerprint density at radius 2 is 1.81 bits per heavy atom. The third kappa shape index (κ3) is 5.75. The smallest absolute Gasteiger partial charge is 0.316 e. The molecule has 2 unspecified atom stereocenters. The molecule has 27 heavy (non-hydrogen) atoms. The normalized spacial score (nSPS) is 35.4. The lowest BCUT2D eigenvalue weighted by Gasteiger charge is -2.47. The predicted octanol–water partition coefficient (Wildman–Crippen LogP) is 2.50. The van der Waals surface area contributed by atoms with E-state index in [1.807, 2.05) is 0 Å². The number of carbonyl (C=O) groups is 2. The van der Waals surface area contributed by atoms with Gasteiger partial charge >= 0.3 is 5.97 Å². The molecule has 1 aliphatic carbocycles. The fourth-order valence-electron chi connectivity index (χ4n) is 4.45. The largest absolute Gasteiger partial charge is 0.463 e. The summed E-state index contributed by atoms with van der Waals surface area (Å²) < 4.78 is 11.3. The lowest BCUT2D eigenvalue weighted by molar-refractivity contribution is -0.156. The second kappa shape index (κ2) is 9.99. The van der Waals surface area contributed by atoms with Gasteiger partial charge in [0.05, 0.1) is 11.6 Å². The van der Waals surface area contributed by atoms with E-state index in [1.165, 1.54) is 0 Å². The van der Waals surface area contributed by atoms with Crippen LogP contribution < -0.4 is 0 Å². The first-order chi connectivity index (χ1) is 12.8. The van der Waals surface area contributed by atoms with E-state index < -0.39 is 5.92 Å². The third-order valence-electron chi connectivity index (χ3n) is 6.81. The maximum atomic E-state index is 12.5. The van der Waals surface area contributed by atoms with Crippen molar-refractivity contribution in [2.45, 2.75) is 76.0 Å². The first-order valence-electron chi connectivity index (χ1n) is 10.4. The number of carbonyl (C=O) groups excluding carboxylic acids is 2. The summed E-state index contributed by atoms with van der Waals surface area (Å²) in [6, 6.07) is 0.586. The molecule has 0 radical (unpaired) electrons. The number of nitrogens with zero attached hydrogens (tertiary/aromatic N) is 2. The van der Waals surface area contributed by atoms with E-state index in [0.29, 0.717) is 25.5 Å². The number of methoxy groups -OCH3 is 1. The Morgan fingerprint density at radius 1 is 1.15 bits per heavy atom. The number of rotatable bonds is 2. The van der Waals surface area contributed by atoms with E-state index in [0.717, 1.165) is 45.1 Å². The molecule has 1 aliphatic heterocycles. The molecule has 6 heteroatoms. The van der Waals surface area contributed by atoms with Crippen molar-refractivity contribution in [2.24, 2.45) is 5.92 Å². The number of ketones is 1. The highest BCUT2D eigenvalue weighted by Gasteiger charge is 2.41. The molecule has 2 atom stereocenters. The van der Waals surface area contributed by atoms with Gasteiger partial charge in [-0.3, -0.25) is 14.5 Å². The molecular formula is C21H38N2O4. The summed E-state index contributed by atoms with van der Waals surface area (Å²) in [5.41, 5.74) is -0.123. The molecule has 0 bridgehead atoms. The molecule has 6 nitrogen and oxygen atoms in total. The Morgan fingerprint density at radius 3 is 2.41 bits per heavy atom. The SMILES string of the molecule is COC1CCCN(C)C2(CCC(N(C)C)CC2)COC(=O)C(C)C(=O)CC1. The van der Waals surface area contributed by atoms with Crippen LogP contribution in [0.25, 0.3) is 0 Å². The second-order valence-electron chi connectivity index (χ2n) is 8.68. The monoisotopic (exact) mass is 382 g/mol. The van der Waals surface area contributed by atoms with Crippen LogP contribution >= 0.6 is 0 Å². The molecule has 0 aromatic carbocycles. The number of hydrogen-bond donors (Lipinski definition) is 0. The summed E-state index contributed by atoms with van der Waals surface area (Å²) in [5, 5.41) is 0. The van der Waals surface area contributed by atoms with Crippen LogP contribution in [0.2, 0.25) is 0 Å². The van der Waals surface area contributed by atoms with Crippen LogP contribution in [0.1, 0.15) is 58.3 Å². The summed E-state index contributed by atoms with van der Waals surface area (Å²) in [5.74, 6) is -1.11. The van der Waals surface area contributed by atoms with Crippen LogP contribution in [0.4, 0.5) is 0 Å². The van der Waals surface area contributed by atoms with Crippen LogP contribution in [-0.4, -0.2) is 80.6 Å². The van der Waals surface area contributed by atoms with Crippen LogP contribution in [0.3, 0.4) is 0 Å². The van der Waals surface area contributed by atoms with Crippen LogP contribution in [-0.2, 0) is 19.1 Å². The van der Waals surface area contributed by atoms with Crippen molar-refractivity contribution in [1.82, 2.24) is 9.80 Å². The number of esters is 1. The van der Waals surface area contributed by atoms with Crippen LogP contribution in [0, 0.1) is 5.92 Å². The Hall–Kier alpha value is -0.980. The molecule has 1 saturated heterocycles. The van der Waals surface area contributed by atoms with E-state index in [4.69, 9.17) is 9.47 Å². The topological polar surface area (TPSA) is 59.1 Å². The average molecular weight is 383 g/mol. The van der Waals surface area contributed by atoms with Crippen molar-refractivity contribution in [3.8, 4) is 0 Å². The molecule has 0 aromatic rings. The van der Waals surface area contributed by atoms with Gasteiger partial charge in [0.1, 0.15) is 18.3 Å². The maximum Gasteiger partial charge on any atom is 0.316 e. The number of cyclic esters (lactones) is 1. The quantitative estimate of drug-likeness (QED) is 0.540. The lowest BCUT2D eigenvalue weighted by Crippen LogP contribution is -2.55. The van der Waals surface area contributed by atoms with Gasteiger partial charge in [-0.05, 0) is 79.6 Å². The van der Waals surface area contributed by atoms with Gasteiger partial charge < -0.3 is 14.4 Å². The molecule has 0 amide bonds. The summed E-state index contributed by atoms with van der Waals surface area (Å²) in [4.78, 5) is 29.5. The third-order valence-corrected chi connectivity index (χ3v) is 6.81. The average Bonchev–Trinajstić information content (AvgIpc) is 2.67. The Labute approximate surface area is 164 Å². The highest BCUT2D eigenvalue weighted by molar-refractivity contribution is 5.98. The maximum absolute atomic E-state index is 12.5. The molecule has 1 saturated carbocycles. The minimum absolute atomic E-state index is 0.0417. The van der Waals surface area contributed by atoms with Gasteiger partial charge in [0.15, 0.2) is 0 Å². The number of likely N-dealkylation sites (N-methyl/N-ethyl adjacent to an activating group) is 1. The van der Waals surface area contributed by atoms with Crippen molar-refractivity contribution in [3.05, 3.63) is 0 Å². The van der Waals surface area contributed by atoms with E-state index in [-0.39, 0.29) is 23.4 Å². The first kappa shape index (κ1) is 22.3. The van der Waals surface area contributed by atoms with Crippen LogP contribution in [0.5, 0.6) is 0 Å². The molecule has 0 N–H and O–H groups in total. The zero-order valence-electron chi connectivity index (χ0n) is 17.8. The number of ether oxygens (including phenoxy) is 2. The minimum atomic E-state index is -0.691. The van der Waals surface area contributed by atoms with Crippen LogP contribution in [0.15, 0.2) is 0 Å². The fraction of sp³-hybridized carbons (Fsp3) is 0.905. The molecular weight excluding hydrogens is 344 g/mol. The Balaban J connectivity index is 2.14. The van der Waals surface area contributed by atoms with Crippen molar-refractivity contribution >= 4 is 11.8 Å². The van der Waals surface area contributed by atoms with E-state index in [9.17, 15) is 9.59 Å². The Kier molecular flexibility index (Phi) is 8.25. The Bertz CT molecular complexity index is 500. The molecule has 2 fully saturated rings.